The van der Waals surface area contributed by atoms with Crippen LogP contribution >= 0.6 is 0 Å². The van der Waals surface area contributed by atoms with Crippen LogP contribution in [0.2, 0.25) is 5.04 Å². The van der Waals surface area contributed by atoms with Gasteiger partial charge in [-0.2, -0.15) is 0 Å². The highest BCUT2D eigenvalue weighted by Gasteiger charge is 2.44. The summed E-state index contributed by atoms with van der Waals surface area (Å²) in [6, 6.07) is 0. The van der Waals surface area contributed by atoms with E-state index in [1.807, 2.05) is 14.2 Å². The Morgan fingerprint density at radius 2 is 1.60 bits per heavy atom. The predicted molar refractivity (Wildman–Crippen MR) is 65.0 cm³/mol. The summed E-state index contributed by atoms with van der Waals surface area (Å²) in [7, 11) is 2.55. The molecule has 15 heavy (non-hydrogen) atoms. The minimum atomic E-state index is -1.08. The van der Waals surface area contributed by atoms with Crippen molar-refractivity contribution in [3.63, 3.8) is 0 Å². The third-order valence-electron chi connectivity index (χ3n) is 3.41. The van der Waals surface area contributed by atoms with Gasteiger partial charge in [0.2, 0.25) is 0 Å². The van der Waals surface area contributed by atoms with Gasteiger partial charge in [0.15, 0.2) is 0 Å². The first-order valence-corrected chi connectivity index (χ1v) is 7.41. The molecule has 1 fully saturated rings. The maximum atomic E-state index is 5.62. The van der Waals surface area contributed by atoms with Crippen molar-refractivity contribution in [3.8, 4) is 0 Å². The van der Waals surface area contributed by atoms with Gasteiger partial charge in [-0.05, 0) is 25.2 Å². The Labute approximate surface area is 96.2 Å². The standard InChI is InChI=1S/C12H25O2Si/c1-11(2)10-12(15(13-3)14-4)8-6-5-7-9-12/h11H,5-10H2,1-4H3. The van der Waals surface area contributed by atoms with Crippen molar-refractivity contribution in [1.82, 2.24) is 0 Å². The summed E-state index contributed by atoms with van der Waals surface area (Å²) in [5.41, 5.74) is 0. The van der Waals surface area contributed by atoms with Gasteiger partial charge in [-0.1, -0.05) is 33.1 Å². The molecular weight excluding hydrogens is 204 g/mol. The third kappa shape index (κ3) is 3.30. The molecule has 3 heteroatoms. The number of rotatable bonds is 5. The van der Waals surface area contributed by atoms with Crippen LogP contribution in [0.5, 0.6) is 0 Å². The van der Waals surface area contributed by atoms with Gasteiger partial charge in [0.05, 0.1) is 0 Å². The van der Waals surface area contributed by atoms with E-state index in [1.54, 1.807) is 0 Å². The van der Waals surface area contributed by atoms with Crippen LogP contribution in [0.15, 0.2) is 0 Å². The molecule has 0 bridgehead atoms. The molecule has 0 aromatic carbocycles. The first kappa shape index (κ1) is 13.2. The monoisotopic (exact) mass is 229 g/mol. The van der Waals surface area contributed by atoms with Gasteiger partial charge in [-0.3, -0.25) is 0 Å². The molecule has 2 nitrogen and oxygen atoms in total. The Balaban J connectivity index is 2.73. The average Bonchev–Trinajstić information content (AvgIpc) is 2.19. The first-order chi connectivity index (χ1) is 7.14. The molecule has 1 aliphatic carbocycles. The summed E-state index contributed by atoms with van der Waals surface area (Å²) in [5.74, 6) is 0.744. The fourth-order valence-corrected chi connectivity index (χ4v) is 5.39. The highest BCUT2D eigenvalue weighted by atomic mass is 28.3. The molecule has 0 aromatic rings. The molecule has 0 aromatic heterocycles. The van der Waals surface area contributed by atoms with Crippen LogP contribution in [0.1, 0.15) is 52.4 Å². The summed E-state index contributed by atoms with van der Waals surface area (Å²) in [6.07, 6.45) is 7.98. The molecule has 0 amide bonds. The van der Waals surface area contributed by atoms with E-state index in [-0.39, 0.29) is 0 Å². The van der Waals surface area contributed by atoms with E-state index in [9.17, 15) is 0 Å². The Morgan fingerprint density at radius 3 is 2.00 bits per heavy atom. The van der Waals surface area contributed by atoms with Crippen molar-refractivity contribution in [3.05, 3.63) is 0 Å². The highest BCUT2D eigenvalue weighted by Crippen LogP contribution is 2.50. The molecule has 1 rings (SSSR count). The third-order valence-corrected chi connectivity index (χ3v) is 5.73. The maximum absolute atomic E-state index is 5.62. The SMILES string of the molecule is CO[Si](OC)C1(CC(C)C)CCCCC1. The van der Waals surface area contributed by atoms with Crippen molar-refractivity contribution >= 4 is 9.28 Å². The second kappa shape index (κ2) is 6.02. The van der Waals surface area contributed by atoms with Crippen molar-refractivity contribution in [2.24, 2.45) is 5.92 Å². The summed E-state index contributed by atoms with van der Waals surface area (Å²) in [4.78, 5) is 0. The molecule has 0 atom stereocenters. The van der Waals surface area contributed by atoms with Crippen LogP contribution in [0.3, 0.4) is 0 Å². The first-order valence-electron chi connectivity index (χ1n) is 6.10. The maximum Gasteiger partial charge on any atom is 0.390 e. The zero-order valence-electron chi connectivity index (χ0n) is 10.6. The van der Waals surface area contributed by atoms with Crippen molar-refractivity contribution in [2.75, 3.05) is 14.2 Å². The molecule has 0 spiro atoms. The summed E-state index contributed by atoms with van der Waals surface area (Å²) in [6.45, 7) is 4.61. The smallest absolute Gasteiger partial charge is 0.390 e. The average molecular weight is 229 g/mol. The van der Waals surface area contributed by atoms with E-state index >= 15 is 0 Å². The minimum Gasteiger partial charge on any atom is -0.396 e. The van der Waals surface area contributed by atoms with E-state index in [2.05, 4.69) is 13.8 Å². The molecule has 0 N–H and O–H groups in total. The second-order valence-corrected chi connectivity index (χ2v) is 7.59. The van der Waals surface area contributed by atoms with Crippen LogP contribution in [-0.2, 0) is 8.85 Å². The van der Waals surface area contributed by atoms with Crippen molar-refractivity contribution in [1.29, 1.82) is 0 Å². The summed E-state index contributed by atoms with van der Waals surface area (Å²) >= 11 is 0. The lowest BCUT2D eigenvalue weighted by Crippen LogP contribution is -2.39. The molecule has 0 unspecified atom stereocenters. The Hall–Kier alpha value is 0.137. The van der Waals surface area contributed by atoms with Gasteiger partial charge in [0.25, 0.3) is 0 Å². The molecule has 0 saturated heterocycles. The number of hydrogen-bond donors (Lipinski definition) is 0. The normalized spacial score (nSPS) is 21.2. The quantitative estimate of drug-likeness (QED) is 0.672. The molecule has 1 aliphatic rings. The van der Waals surface area contributed by atoms with Crippen LogP contribution in [0.4, 0.5) is 0 Å². The van der Waals surface area contributed by atoms with Crippen LogP contribution in [0.25, 0.3) is 0 Å². The summed E-state index contributed by atoms with van der Waals surface area (Å²) in [5, 5.41) is 0.376. The van der Waals surface area contributed by atoms with Gasteiger partial charge in [0.1, 0.15) is 0 Å². The van der Waals surface area contributed by atoms with Crippen LogP contribution in [-0.4, -0.2) is 23.5 Å². The summed E-state index contributed by atoms with van der Waals surface area (Å²) < 4.78 is 11.2. The topological polar surface area (TPSA) is 18.5 Å². The molecular formula is C12H25O2Si. The van der Waals surface area contributed by atoms with E-state index in [0.29, 0.717) is 5.04 Å². The van der Waals surface area contributed by atoms with Gasteiger partial charge >= 0.3 is 9.28 Å². The lowest BCUT2D eigenvalue weighted by Gasteiger charge is -2.40. The lowest BCUT2D eigenvalue weighted by molar-refractivity contribution is 0.193. The fourth-order valence-electron chi connectivity index (χ4n) is 3.02. The minimum absolute atomic E-state index is 0.376. The zero-order valence-corrected chi connectivity index (χ0v) is 11.6. The Bertz CT molecular complexity index is 172. The largest absolute Gasteiger partial charge is 0.396 e. The van der Waals surface area contributed by atoms with Gasteiger partial charge < -0.3 is 8.85 Å². The van der Waals surface area contributed by atoms with E-state index < -0.39 is 9.28 Å². The van der Waals surface area contributed by atoms with Gasteiger partial charge in [-0.15, -0.1) is 0 Å². The molecule has 89 valence electrons. The predicted octanol–water partition coefficient (Wildman–Crippen LogP) is 3.52. The second-order valence-electron chi connectivity index (χ2n) is 5.13. The molecule has 1 saturated carbocycles. The molecule has 0 heterocycles. The van der Waals surface area contributed by atoms with Crippen molar-refractivity contribution < 1.29 is 8.85 Å². The molecule has 0 aliphatic heterocycles. The van der Waals surface area contributed by atoms with Gasteiger partial charge in [0, 0.05) is 19.3 Å². The molecule has 1 radical (unpaired) electrons. The van der Waals surface area contributed by atoms with Crippen LogP contribution in [0, 0.1) is 5.92 Å². The number of hydrogen-bond acceptors (Lipinski definition) is 2. The van der Waals surface area contributed by atoms with Crippen LogP contribution < -0.4 is 0 Å². The Morgan fingerprint density at radius 1 is 1.07 bits per heavy atom. The van der Waals surface area contributed by atoms with E-state index in [4.69, 9.17) is 8.85 Å². The Kier molecular flexibility index (Phi) is 5.30. The van der Waals surface area contributed by atoms with E-state index in [0.717, 1.165) is 5.92 Å². The highest BCUT2D eigenvalue weighted by molar-refractivity contribution is 6.48. The zero-order chi connectivity index (χ0) is 11.3. The fraction of sp³-hybridized carbons (Fsp3) is 1.00. The van der Waals surface area contributed by atoms with E-state index in [1.165, 1.54) is 38.5 Å². The van der Waals surface area contributed by atoms with Crippen molar-refractivity contribution in [2.45, 2.75) is 57.4 Å². The lowest BCUT2D eigenvalue weighted by atomic mass is 9.82. The van der Waals surface area contributed by atoms with Gasteiger partial charge in [-0.25, -0.2) is 0 Å².